The van der Waals surface area contributed by atoms with Crippen molar-refractivity contribution >= 4 is 17.3 Å². The van der Waals surface area contributed by atoms with E-state index in [1.165, 1.54) is 0 Å². The van der Waals surface area contributed by atoms with E-state index >= 15 is 0 Å². The monoisotopic (exact) mass is 242 g/mol. The summed E-state index contributed by atoms with van der Waals surface area (Å²) >= 11 is 5.99. The summed E-state index contributed by atoms with van der Waals surface area (Å²) in [5.74, 6) is 0.499. The standard InChI is InChI=1S/C12H19ClN2O/c1-2-3-10(5-7-16)8-15-12-4-6-14-9-11(12)13/h4,6,9-10,16H,2-3,5,7-8H2,1H3,(H,14,15). The minimum Gasteiger partial charge on any atom is -0.396 e. The number of anilines is 1. The Labute approximate surface area is 102 Å². The zero-order valence-electron chi connectivity index (χ0n) is 9.62. The fourth-order valence-corrected chi connectivity index (χ4v) is 1.90. The van der Waals surface area contributed by atoms with Crippen LogP contribution in [0.3, 0.4) is 0 Å². The highest BCUT2D eigenvalue weighted by atomic mass is 35.5. The molecule has 1 unspecified atom stereocenters. The summed E-state index contributed by atoms with van der Waals surface area (Å²) in [4.78, 5) is 3.93. The predicted molar refractivity (Wildman–Crippen MR) is 67.8 cm³/mol. The Morgan fingerprint density at radius 2 is 2.31 bits per heavy atom. The van der Waals surface area contributed by atoms with Crippen molar-refractivity contribution in [1.29, 1.82) is 0 Å². The Balaban J connectivity index is 2.45. The molecule has 3 nitrogen and oxygen atoms in total. The zero-order chi connectivity index (χ0) is 11.8. The third kappa shape index (κ3) is 4.37. The van der Waals surface area contributed by atoms with Gasteiger partial charge in [-0.3, -0.25) is 4.98 Å². The molecule has 90 valence electrons. The molecule has 0 aliphatic carbocycles. The normalized spacial score (nSPS) is 12.4. The van der Waals surface area contributed by atoms with Crippen molar-refractivity contribution in [3.8, 4) is 0 Å². The topological polar surface area (TPSA) is 45.1 Å². The lowest BCUT2D eigenvalue weighted by Gasteiger charge is -2.16. The van der Waals surface area contributed by atoms with Gasteiger partial charge in [-0.15, -0.1) is 0 Å². The second-order valence-corrected chi connectivity index (χ2v) is 4.31. The van der Waals surface area contributed by atoms with Crippen LogP contribution in [0.4, 0.5) is 5.69 Å². The van der Waals surface area contributed by atoms with Gasteiger partial charge in [0.25, 0.3) is 0 Å². The van der Waals surface area contributed by atoms with Gasteiger partial charge in [-0.1, -0.05) is 24.9 Å². The lowest BCUT2D eigenvalue weighted by molar-refractivity contribution is 0.255. The molecule has 0 fully saturated rings. The highest BCUT2D eigenvalue weighted by molar-refractivity contribution is 6.33. The van der Waals surface area contributed by atoms with Gasteiger partial charge >= 0.3 is 0 Å². The Morgan fingerprint density at radius 3 is 2.94 bits per heavy atom. The number of aliphatic hydroxyl groups excluding tert-OH is 1. The minimum atomic E-state index is 0.246. The molecule has 1 aromatic rings. The van der Waals surface area contributed by atoms with E-state index in [1.807, 2.05) is 6.07 Å². The van der Waals surface area contributed by atoms with Crippen LogP contribution in [0.2, 0.25) is 5.02 Å². The van der Waals surface area contributed by atoms with Gasteiger partial charge in [-0.2, -0.15) is 0 Å². The first-order valence-electron chi connectivity index (χ1n) is 5.72. The smallest absolute Gasteiger partial charge is 0.0820 e. The summed E-state index contributed by atoms with van der Waals surface area (Å²) in [7, 11) is 0. The molecule has 0 radical (unpaired) electrons. The number of nitrogens with zero attached hydrogens (tertiary/aromatic N) is 1. The average molecular weight is 243 g/mol. The summed E-state index contributed by atoms with van der Waals surface area (Å²) in [5, 5.41) is 12.9. The Bertz CT molecular complexity index is 301. The molecule has 0 spiro atoms. The molecule has 0 amide bonds. The second-order valence-electron chi connectivity index (χ2n) is 3.90. The first-order chi connectivity index (χ1) is 7.77. The predicted octanol–water partition coefficient (Wildman–Crippen LogP) is 2.95. The van der Waals surface area contributed by atoms with Crippen LogP contribution < -0.4 is 5.32 Å². The van der Waals surface area contributed by atoms with Crippen molar-refractivity contribution in [2.24, 2.45) is 5.92 Å². The van der Waals surface area contributed by atoms with Crippen LogP contribution in [0.25, 0.3) is 0 Å². The van der Waals surface area contributed by atoms with E-state index in [0.29, 0.717) is 10.9 Å². The third-order valence-corrected chi connectivity index (χ3v) is 2.89. The van der Waals surface area contributed by atoms with Crippen LogP contribution in [-0.2, 0) is 0 Å². The fraction of sp³-hybridized carbons (Fsp3) is 0.583. The van der Waals surface area contributed by atoms with Gasteiger partial charge in [-0.25, -0.2) is 0 Å². The Kier molecular flexibility index (Phi) is 6.19. The van der Waals surface area contributed by atoms with Gasteiger partial charge in [0.15, 0.2) is 0 Å². The van der Waals surface area contributed by atoms with E-state index in [-0.39, 0.29) is 6.61 Å². The summed E-state index contributed by atoms with van der Waals surface area (Å²) in [6, 6.07) is 1.87. The molecule has 1 atom stereocenters. The Hall–Kier alpha value is -0.800. The molecule has 4 heteroatoms. The number of nitrogens with one attached hydrogen (secondary N) is 1. The summed E-state index contributed by atoms with van der Waals surface area (Å²) < 4.78 is 0. The van der Waals surface area contributed by atoms with Gasteiger partial charge < -0.3 is 10.4 Å². The first-order valence-corrected chi connectivity index (χ1v) is 6.10. The molecule has 0 aliphatic heterocycles. The SMILES string of the molecule is CCCC(CCO)CNc1ccncc1Cl. The Morgan fingerprint density at radius 1 is 1.50 bits per heavy atom. The molecule has 0 aliphatic rings. The highest BCUT2D eigenvalue weighted by Gasteiger charge is 2.07. The number of rotatable bonds is 7. The van der Waals surface area contributed by atoms with Crippen molar-refractivity contribution < 1.29 is 5.11 Å². The molecule has 2 N–H and O–H groups in total. The first kappa shape index (κ1) is 13.3. The average Bonchev–Trinajstić information content (AvgIpc) is 2.28. The largest absolute Gasteiger partial charge is 0.396 e. The van der Waals surface area contributed by atoms with Crippen LogP contribution in [0.5, 0.6) is 0 Å². The lowest BCUT2D eigenvalue weighted by Crippen LogP contribution is -2.15. The quantitative estimate of drug-likeness (QED) is 0.773. The summed E-state index contributed by atoms with van der Waals surface area (Å²) in [6.45, 7) is 3.25. The number of aromatic nitrogens is 1. The maximum Gasteiger partial charge on any atom is 0.0820 e. The van der Waals surface area contributed by atoms with E-state index < -0.39 is 0 Å². The third-order valence-electron chi connectivity index (χ3n) is 2.59. The van der Waals surface area contributed by atoms with E-state index in [9.17, 15) is 0 Å². The zero-order valence-corrected chi connectivity index (χ0v) is 10.4. The van der Waals surface area contributed by atoms with Crippen LogP contribution in [-0.4, -0.2) is 23.2 Å². The number of pyridine rings is 1. The van der Waals surface area contributed by atoms with Gasteiger partial charge in [0.1, 0.15) is 0 Å². The molecule has 1 aromatic heterocycles. The minimum absolute atomic E-state index is 0.246. The highest BCUT2D eigenvalue weighted by Crippen LogP contribution is 2.20. The van der Waals surface area contributed by atoms with Crippen LogP contribution in [0.1, 0.15) is 26.2 Å². The maximum atomic E-state index is 8.95. The van der Waals surface area contributed by atoms with Gasteiger partial charge in [0.2, 0.25) is 0 Å². The van der Waals surface area contributed by atoms with E-state index in [0.717, 1.165) is 31.5 Å². The van der Waals surface area contributed by atoms with Crippen molar-refractivity contribution in [1.82, 2.24) is 4.98 Å². The number of hydrogen-bond donors (Lipinski definition) is 2. The van der Waals surface area contributed by atoms with Crippen molar-refractivity contribution in [2.45, 2.75) is 26.2 Å². The number of hydrogen-bond acceptors (Lipinski definition) is 3. The van der Waals surface area contributed by atoms with Gasteiger partial charge in [0, 0.05) is 25.5 Å². The molecular formula is C12H19ClN2O. The maximum absolute atomic E-state index is 8.95. The second kappa shape index (κ2) is 7.47. The van der Waals surface area contributed by atoms with Gasteiger partial charge in [0.05, 0.1) is 10.7 Å². The lowest BCUT2D eigenvalue weighted by atomic mass is 10.0. The molecular weight excluding hydrogens is 224 g/mol. The van der Waals surface area contributed by atoms with E-state index in [4.69, 9.17) is 16.7 Å². The molecule has 1 rings (SSSR count). The molecule has 16 heavy (non-hydrogen) atoms. The summed E-state index contributed by atoms with van der Waals surface area (Å²) in [6.07, 6.45) is 6.44. The molecule has 0 saturated heterocycles. The van der Waals surface area contributed by atoms with Crippen LogP contribution in [0, 0.1) is 5.92 Å². The molecule has 1 heterocycles. The van der Waals surface area contributed by atoms with E-state index in [2.05, 4.69) is 17.2 Å². The molecule has 0 bridgehead atoms. The summed E-state index contributed by atoms with van der Waals surface area (Å²) in [5.41, 5.74) is 0.913. The fourth-order valence-electron chi connectivity index (χ4n) is 1.71. The van der Waals surface area contributed by atoms with Crippen molar-refractivity contribution in [2.75, 3.05) is 18.5 Å². The van der Waals surface area contributed by atoms with Crippen molar-refractivity contribution in [3.05, 3.63) is 23.5 Å². The number of aliphatic hydroxyl groups is 1. The molecule has 0 saturated carbocycles. The van der Waals surface area contributed by atoms with Crippen LogP contribution in [0.15, 0.2) is 18.5 Å². The van der Waals surface area contributed by atoms with E-state index in [1.54, 1.807) is 12.4 Å². The van der Waals surface area contributed by atoms with Crippen LogP contribution >= 0.6 is 11.6 Å². The molecule has 0 aromatic carbocycles. The number of halogens is 1. The van der Waals surface area contributed by atoms with Crippen molar-refractivity contribution in [3.63, 3.8) is 0 Å². The van der Waals surface area contributed by atoms with Gasteiger partial charge in [-0.05, 0) is 24.8 Å².